The van der Waals surface area contributed by atoms with Crippen LogP contribution >= 0.6 is 11.8 Å². The van der Waals surface area contributed by atoms with Crippen LogP contribution in [0.1, 0.15) is 41.0 Å². The molecule has 4 heteroatoms. The summed E-state index contributed by atoms with van der Waals surface area (Å²) in [6.07, 6.45) is 2.43. The van der Waals surface area contributed by atoms with Crippen molar-refractivity contribution in [3.63, 3.8) is 0 Å². The minimum absolute atomic E-state index is 0.252. The second kappa shape index (κ2) is 10.3. The number of carbonyl (C=O) groups is 1. The van der Waals surface area contributed by atoms with Crippen molar-refractivity contribution in [3.8, 4) is 0 Å². The standard InChI is InChI=1S/C18H36N2OS/c1-9-10-20(12-15(2)3)17(21)11-16(13-19(7)8)22-14-18(4,5)6/h9,15-16H,1,10-14H2,2-8H3. The van der Waals surface area contributed by atoms with Gasteiger partial charge in [-0.1, -0.05) is 40.7 Å². The molecular weight excluding hydrogens is 292 g/mol. The maximum absolute atomic E-state index is 12.6. The molecule has 0 aromatic carbocycles. The third-order valence-electron chi connectivity index (χ3n) is 3.01. The van der Waals surface area contributed by atoms with E-state index >= 15 is 0 Å². The predicted octanol–water partition coefficient (Wildman–Crippen LogP) is 3.76. The normalized spacial score (nSPS) is 13.5. The van der Waals surface area contributed by atoms with Crippen molar-refractivity contribution in [1.82, 2.24) is 9.80 Å². The predicted molar refractivity (Wildman–Crippen MR) is 100 cm³/mol. The van der Waals surface area contributed by atoms with Gasteiger partial charge in [0.15, 0.2) is 0 Å². The average Bonchev–Trinajstić information content (AvgIpc) is 2.33. The molecule has 0 rings (SSSR count). The highest BCUT2D eigenvalue weighted by Gasteiger charge is 2.22. The number of carbonyl (C=O) groups excluding carboxylic acids is 1. The monoisotopic (exact) mass is 328 g/mol. The molecule has 3 nitrogen and oxygen atoms in total. The molecule has 0 aromatic heterocycles. The van der Waals surface area contributed by atoms with Gasteiger partial charge in [0.2, 0.25) is 5.91 Å². The van der Waals surface area contributed by atoms with Crippen LogP contribution < -0.4 is 0 Å². The highest BCUT2D eigenvalue weighted by atomic mass is 32.2. The van der Waals surface area contributed by atoms with Crippen molar-refractivity contribution in [2.24, 2.45) is 11.3 Å². The van der Waals surface area contributed by atoms with Gasteiger partial charge in [0.1, 0.15) is 0 Å². The number of thioether (sulfide) groups is 1. The Morgan fingerprint density at radius 3 is 2.23 bits per heavy atom. The molecule has 0 spiro atoms. The lowest BCUT2D eigenvalue weighted by molar-refractivity contribution is -0.131. The Morgan fingerprint density at radius 1 is 1.23 bits per heavy atom. The van der Waals surface area contributed by atoms with Crippen molar-refractivity contribution >= 4 is 17.7 Å². The van der Waals surface area contributed by atoms with Crippen LogP contribution in [0.5, 0.6) is 0 Å². The lowest BCUT2D eigenvalue weighted by atomic mass is 10.0. The molecule has 0 N–H and O–H groups in total. The van der Waals surface area contributed by atoms with E-state index in [1.54, 1.807) is 0 Å². The average molecular weight is 329 g/mol. The largest absolute Gasteiger partial charge is 0.339 e. The van der Waals surface area contributed by atoms with E-state index in [0.717, 1.165) is 18.8 Å². The molecule has 0 aromatic rings. The fourth-order valence-corrected chi connectivity index (χ4v) is 3.55. The molecule has 0 aliphatic rings. The van der Waals surface area contributed by atoms with Crippen LogP contribution in [0.2, 0.25) is 0 Å². The summed E-state index contributed by atoms with van der Waals surface area (Å²) >= 11 is 1.92. The van der Waals surface area contributed by atoms with E-state index in [-0.39, 0.29) is 11.3 Å². The molecule has 0 aliphatic heterocycles. The minimum atomic E-state index is 0.252. The van der Waals surface area contributed by atoms with Crippen molar-refractivity contribution < 1.29 is 4.79 Å². The van der Waals surface area contributed by atoms with E-state index in [0.29, 0.717) is 24.1 Å². The summed E-state index contributed by atoms with van der Waals surface area (Å²) in [7, 11) is 4.15. The first kappa shape index (κ1) is 21.5. The van der Waals surface area contributed by atoms with Gasteiger partial charge in [0.25, 0.3) is 0 Å². The molecule has 1 amide bonds. The minimum Gasteiger partial charge on any atom is -0.339 e. The number of hydrogen-bond donors (Lipinski definition) is 0. The summed E-state index contributed by atoms with van der Waals surface area (Å²) in [5, 5.41) is 0.348. The van der Waals surface area contributed by atoms with Crippen molar-refractivity contribution in [3.05, 3.63) is 12.7 Å². The summed E-state index contributed by atoms with van der Waals surface area (Å²) in [5.41, 5.74) is 0.289. The molecular formula is C18H36N2OS. The third kappa shape index (κ3) is 11.1. The summed E-state index contributed by atoms with van der Waals surface area (Å²) in [6, 6.07) is 0. The molecule has 1 unspecified atom stereocenters. The van der Waals surface area contributed by atoms with Crippen LogP contribution in [0.25, 0.3) is 0 Å². The van der Waals surface area contributed by atoms with Crippen LogP contribution in [0.15, 0.2) is 12.7 Å². The quantitative estimate of drug-likeness (QED) is 0.571. The Labute approximate surface area is 142 Å². The van der Waals surface area contributed by atoms with Crippen LogP contribution in [0.4, 0.5) is 0 Å². The first-order valence-corrected chi connectivity index (χ1v) is 9.25. The van der Waals surface area contributed by atoms with E-state index in [9.17, 15) is 4.79 Å². The van der Waals surface area contributed by atoms with Crippen LogP contribution in [-0.2, 0) is 4.79 Å². The Bertz CT molecular complexity index is 334. The van der Waals surface area contributed by atoms with Gasteiger partial charge in [-0.25, -0.2) is 0 Å². The molecule has 130 valence electrons. The molecule has 0 aliphatic carbocycles. The van der Waals surface area contributed by atoms with Gasteiger partial charge in [-0.3, -0.25) is 4.79 Å². The fraction of sp³-hybridized carbons (Fsp3) is 0.833. The van der Waals surface area contributed by atoms with Gasteiger partial charge >= 0.3 is 0 Å². The molecule has 0 radical (unpaired) electrons. The smallest absolute Gasteiger partial charge is 0.224 e. The first-order chi connectivity index (χ1) is 10.0. The number of hydrogen-bond acceptors (Lipinski definition) is 3. The van der Waals surface area contributed by atoms with Gasteiger partial charge in [0, 0.05) is 31.3 Å². The van der Waals surface area contributed by atoms with Crippen molar-refractivity contribution in [2.75, 3.05) is 39.5 Å². The Kier molecular flexibility index (Phi) is 10.1. The van der Waals surface area contributed by atoms with E-state index < -0.39 is 0 Å². The summed E-state index contributed by atoms with van der Waals surface area (Å²) in [5.74, 6) is 1.81. The summed E-state index contributed by atoms with van der Waals surface area (Å²) < 4.78 is 0. The zero-order valence-corrected chi connectivity index (χ0v) is 16.5. The number of rotatable bonds is 10. The first-order valence-electron chi connectivity index (χ1n) is 8.20. The van der Waals surface area contributed by atoms with E-state index in [4.69, 9.17) is 0 Å². The third-order valence-corrected chi connectivity index (χ3v) is 4.83. The lowest BCUT2D eigenvalue weighted by Gasteiger charge is -2.28. The highest BCUT2D eigenvalue weighted by molar-refractivity contribution is 8.00. The van der Waals surface area contributed by atoms with Gasteiger partial charge < -0.3 is 9.80 Å². The highest BCUT2D eigenvalue weighted by Crippen LogP contribution is 2.26. The molecule has 0 saturated carbocycles. The van der Waals surface area contributed by atoms with Gasteiger partial charge in [-0.2, -0.15) is 11.8 Å². The Hall–Kier alpha value is -0.480. The maximum Gasteiger partial charge on any atom is 0.224 e. The molecule has 22 heavy (non-hydrogen) atoms. The van der Waals surface area contributed by atoms with Gasteiger partial charge in [0.05, 0.1) is 0 Å². The lowest BCUT2D eigenvalue weighted by Crippen LogP contribution is -2.38. The Morgan fingerprint density at radius 2 is 1.82 bits per heavy atom. The molecule has 1 atom stereocenters. The SMILES string of the molecule is C=CCN(CC(C)C)C(=O)CC(CN(C)C)SCC(C)(C)C. The molecule has 0 fully saturated rings. The van der Waals surface area contributed by atoms with Crippen molar-refractivity contribution in [2.45, 2.75) is 46.3 Å². The second-order valence-electron chi connectivity index (χ2n) is 7.94. The van der Waals surface area contributed by atoms with Crippen LogP contribution in [0, 0.1) is 11.3 Å². The van der Waals surface area contributed by atoms with E-state index in [2.05, 4.69) is 60.2 Å². The second-order valence-corrected chi connectivity index (χ2v) is 9.23. The van der Waals surface area contributed by atoms with Crippen LogP contribution in [-0.4, -0.2) is 60.4 Å². The number of amides is 1. The Balaban J connectivity index is 4.71. The zero-order valence-electron chi connectivity index (χ0n) is 15.7. The molecule has 0 saturated heterocycles. The van der Waals surface area contributed by atoms with Gasteiger partial charge in [-0.05, 0) is 31.2 Å². The molecule has 0 bridgehead atoms. The maximum atomic E-state index is 12.6. The van der Waals surface area contributed by atoms with E-state index in [1.807, 2.05) is 22.7 Å². The topological polar surface area (TPSA) is 23.6 Å². The van der Waals surface area contributed by atoms with Gasteiger partial charge in [-0.15, -0.1) is 6.58 Å². The molecule has 0 heterocycles. The summed E-state index contributed by atoms with van der Waals surface area (Å²) in [4.78, 5) is 16.7. The number of nitrogens with zero attached hydrogens (tertiary/aromatic N) is 2. The van der Waals surface area contributed by atoms with Crippen LogP contribution in [0.3, 0.4) is 0 Å². The zero-order chi connectivity index (χ0) is 17.3. The van der Waals surface area contributed by atoms with E-state index in [1.165, 1.54) is 0 Å². The summed E-state index contributed by atoms with van der Waals surface area (Å²) in [6.45, 7) is 17.2. The van der Waals surface area contributed by atoms with Crippen molar-refractivity contribution in [1.29, 1.82) is 0 Å². The fourth-order valence-electron chi connectivity index (χ4n) is 2.15.